The van der Waals surface area contributed by atoms with Crippen molar-refractivity contribution in [3.05, 3.63) is 12.2 Å². The molecule has 0 aliphatic heterocycles. The Balaban J connectivity index is 4.12. The van der Waals surface area contributed by atoms with Crippen molar-refractivity contribution in [2.45, 2.75) is 71.6 Å². The van der Waals surface area contributed by atoms with Gasteiger partial charge in [0.05, 0.1) is 6.42 Å². The summed E-state index contributed by atoms with van der Waals surface area (Å²) in [7, 11) is 0. The highest BCUT2D eigenvalue weighted by Gasteiger charge is 2.11. The standard InChI is InChI=1S/C17H31NO3/c1-3-5-7-8-9-11-14-18(15-13-17(20)21)16(19)12-10-6-4-2/h10,12H,3-9,11,13-15H2,1-2H3,(H,20,21)/b12-10+. The number of carboxylic acids is 1. The van der Waals surface area contributed by atoms with E-state index in [1.165, 1.54) is 25.7 Å². The lowest BCUT2D eigenvalue weighted by Gasteiger charge is -2.20. The Bertz CT molecular complexity index is 313. The number of allylic oxidation sites excluding steroid dienone is 1. The van der Waals surface area contributed by atoms with Gasteiger partial charge in [-0.25, -0.2) is 0 Å². The normalized spacial score (nSPS) is 11.0. The first kappa shape index (κ1) is 19.7. The van der Waals surface area contributed by atoms with Crippen LogP contribution in [0.25, 0.3) is 0 Å². The van der Waals surface area contributed by atoms with Gasteiger partial charge in [0.1, 0.15) is 0 Å². The zero-order valence-corrected chi connectivity index (χ0v) is 13.6. The van der Waals surface area contributed by atoms with Gasteiger partial charge in [-0.15, -0.1) is 0 Å². The Hall–Kier alpha value is -1.32. The second kappa shape index (κ2) is 13.7. The van der Waals surface area contributed by atoms with Crippen molar-refractivity contribution in [2.75, 3.05) is 13.1 Å². The number of carbonyl (C=O) groups is 2. The topological polar surface area (TPSA) is 57.6 Å². The second-order valence-electron chi connectivity index (χ2n) is 5.43. The van der Waals surface area contributed by atoms with E-state index in [0.717, 1.165) is 25.7 Å². The van der Waals surface area contributed by atoms with Gasteiger partial charge in [-0.3, -0.25) is 9.59 Å². The van der Waals surface area contributed by atoms with Gasteiger partial charge in [-0.2, -0.15) is 0 Å². The Morgan fingerprint density at radius 3 is 2.24 bits per heavy atom. The molecule has 21 heavy (non-hydrogen) atoms. The lowest BCUT2D eigenvalue weighted by atomic mass is 10.1. The van der Waals surface area contributed by atoms with Crippen molar-refractivity contribution in [1.29, 1.82) is 0 Å². The molecule has 0 radical (unpaired) electrons. The minimum atomic E-state index is -0.853. The maximum atomic E-state index is 12.0. The summed E-state index contributed by atoms with van der Waals surface area (Å²) in [6.07, 6.45) is 12.4. The lowest BCUT2D eigenvalue weighted by molar-refractivity contribution is -0.138. The molecule has 1 N–H and O–H groups in total. The Labute approximate surface area is 129 Å². The molecule has 0 spiro atoms. The van der Waals surface area contributed by atoms with E-state index in [-0.39, 0.29) is 12.3 Å². The highest BCUT2D eigenvalue weighted by Crippen LogP contribution is 2.07. The maximum Gasteiger partial charge on any atom is 0.305 e. The summed E-state index contributed by atoms with van der Waals surface area (Å²) in [4.78, 5) is 24.4. The molecule has 0 aliphatic carbocycles. The monoisotopic (exact) mass is 297 g/mol. The van der Waals surface area contributed by atoms with Gasteiger partial charge in [-0.1, -0.05) is 58.4 Å². The predicted octanol–water partition coefficient (Wildman–Crippen LogP) is 4.01. The summed E-state index contributed by atoms with van der Waals surface area (Å²) in [5.41, 5.74) is 0. The van der Waals surface area contributed by atoms with Crippen LogP contribution >= 0.6 is 0 Å². The van der Waals surface area contributed by atoms with Crippen LogP contribution in [0.1, 0.15) is 71.6 Å². The molecule has 122 valence electrons. The van der Waals surface area contributed by atoms with Gasteiger partial charge < -0.3 is 10.0 Å². The van der Waals surface area contributed by atoms with Gasteiger partial charge in [0.25, 0.3) is 0 Å². The van der Waals surface area contributed by atoms with E-state index in [2.05, 4.69) is 13.8 Å². The van der Waals surface area contributed by atoms with E-state index in [9.17, 15) is 9.59 Å². The summed E-state index contributed by atoms with van der Waals surface area (Å²) in [6.45, 7) is 5.22. The summed E-state index contributed by atoms with van der Waals surface area (Å²) in [5, 5.41) is 8.77. The largest absolute Gasteiger partial charge is 0.481 e. The SMILES string of the molecule is CCC/C=C/C(=O)N(CCCCCCCC)CCC(=O)O. The van der Waals surface area contributed by atoms with Crippen molar-refractivity contribution < 1.29 is 14.7 Å². The van der Waals surface area contributed by atoms with Crippen molar-refractivity contribution in [2.24, 2.45) is 0 Å². The molecule has 4 nitrogen and oxygen atoms in total. The third-order valence-corrected chi connectivity index (χ3v) is 3.40. The molecule has 0 aromatic rings. The number of rotatable bonds is 13. The number of hydrogen-bond donors (Lipinski definition) is 1. The molecule has 4 heteroatoms. The van der Waals surface area contributed by atoms with Crippen molar-refractivity contribution in [3.63, 3.8) is 0 Å². The Morgan fingerprint density at radius 2 is 1.62 bits per heavy atom. The summed E-state index contributed by atoms with van der Waals surface area (Å²) in [6, 6.07) is 0. The summed E-state index contributed by atoms with van der Waals surface area (Å²) in [5.74, 6) is -0.911. The third-order valence-electron chi connectivity index (χ3n) is 3.40. The fraction of sp³-hybridized carbons (Fsp3) is 0.765. The summed E-state index contributed by atoms with van der Waals surface area (Å²) >= 11 is 0. The van der Waals surface area contributed by atoms with E-state index >= 15 is 0 Å². The molecule has 0 atom stereocenters. The number of hydrogen-bond acceptors (Lipinski definition) is 2. The van der Waals surface area contributed by atoms with Gasteiger partial charge in [0.2, 0.25) is 5.91 Å². The third kappa shape index (κ3) is 12.2. The molecule has 0 aromatic carbocycles. The number of nitrogens with zero attached hydrogens (tertiary/aromatic N) is 1. The number of carbonyl (C=O) groups excluding carboxylic acids is 1. The zero-order valence-electron chi connectivity index (χ0n) is 13.6. The van der Waals surface area contributed by atoms with Gasteiger partial charge in [0, 0.05) is 13.1 Å². The first-order valence-corrected chi connectivity index (χ1v) is 8.29. The lowest BCUT2D eigenvalue weighted by Crippen LogP contribution is -2.32. The molecule has 0 unspecified atom stereocenters. The Morgan fingerprint density at radius 1 is 0.952 bits per heavy atom. The molecule has 0 fully saturated rings. The van der Waals surface area contributed by atoms with Gasteiger partial charge >= 0.3 is 5.97 Å². The molecule has 0 heterocycles. The fourth-order valence-electron chi connectivity index (χ4n) is 2.10. The molecule has 0 aromatic heterocycles. The van der Waals surface area contributed by atoms with Crippen LogP contribution in [0, 0.1) is 0 Å². The van der Waals surface area contributed by atoms with Crippen molar-refractivity contribution in [1.82, 2.24) is 4.90 Å². The van der Waals surface area contributed by atoms with E-state index in [1.54, 1.807) is 11.0 Å². The molecule has 0 bridgehead atoms. The number of amides is 1. The van der Waals surface area contributed by atoms with Crippen LogP contribution in [0.15, 0.2) is 12.2 Å². The van der Waals surface area contributed by atoms with E-state index in [0.29, 0.717) is 13.1 Å². The van der Waals surface area contributed by atoms with Crippen LogP contribution in [0.3, 0.4) is 0 Å². The average Bonchev–Trinajstić information content (AvgIpc) is 2.45. The second-order valence-corrected chi connectivity index (χ2v) is 5.43. The number of unbranched alkanes of at least 4 members (excludes halogenated alkanes) is 6. The zero-order chi connectivity index (χ0) is 15.9. The quantitative estimate of drug-likeness (QED) is 0.413. The maximum absolute atomic E-state index is 12.0. The predicted molar refractivity (Wildman–Crippen MR) is 86.3 cm³/mol. The molecule has 0 rings (SSSR count). The molecular weight excluding hydrogens is 266 g/mol. The number of carboxylic acid groups (broad SMARTS) is 1. The average molecular weight is 297 g/mol. The van der Waals surface area contributed by atoms with E-state index in [1.807, 2.05) is 6.08 Å². The highest BCUT2D eigenvalue weighted by atomic mass is 16.4. The van der Waals surface area contributed by atoms with Gasteiger partial charge in [0.15, 0.2) is 0 Å². The highest BCUT2D eigenvalue weighted by molar-refractivity contribution is 5.87. The molecule has 0 saturated carbocycles. The van der Waals surface area contributed by atoms with Crippen LogP contribution in [-0.4, -0.2) is 35.0 Å². The molecule has 0 saturated heterocycles. The van der Waals surface area contributed by atoms with Crippen LogP contribution < -0.4 is 0 Å². The van der Waals surface area contributed by atoms with Crippen LogP contribution in [0.4, 0.5) is 0 Å². The van der Waals surface area contributed by atoms with Crippen LogP contribution in [-0.2, 0) is 9.59 Å². The van der Waals surface area contributed by atoms with E-state index in [4.69, 9.17) is 5.11 Å². The van der Waals surface area contributed by atoms with Crippen molar-refractivity contribution in [3.8, 4) is 0 Å². The van der Waals surface area contributed by atoms with Crippen LogP contribution in [0.5, 0.6) is 0 Å². The van der Waals surface area contributed by atoms with Crippen LogP contribution in [0.2, 0.25) is 0 Å². The first-order valence-electron chi connectivity index (χ1n) is 8.29. The molecular formula is C17H31NO3. The van der Waals surface area contributed by atoms with Gasteiger partial charge in [-0.05, 0) is 18.9 Å². The Kier molecular flexibility index (Phi) is 12.8. The minimum absolute atomic E-state index is 0.0171. The smallest absolute Gasteiger partial charge is 0.305 e. The minimum Gasteiger partial charge on any atom is -0.481 e. The fourth-order valence-corrected chi connectivity index (χ4v) is 2.10. The summed E-state index contributed by atoms with van der Waals surface area (Å²) < 4.78 is 0. The molecule has 0 aliphatic rings. The van der Waals surface area contributed by atoms with Crippen molar-refractivity contribution >= 4 is 11.9 Å². The van der Waals surface area contributed by atoms with E-state index < -0.39 is 5.97 Å². The molecule has 1 amide bonds. The number of aliphatic carboxylic acids is 1. The first-order chi connectivity index (χ1) is 10.1.